The highest BCUT2D eigenvalue weighted by Gasteiger charge is 2.21. The lowest BCUT2D eigenvalue weighted by Gasteiger charge is -2.22. The first kappa shape index (κ1) is 24.0. The Morgan fingerprint density at radius 2 is 1.89 bits per heavy atom. The van der Waals surface area contributed by atoms with Crippen molar-refractivity contribution in [1.29, 1.82) is 0 Å². The van der Waals surface area contributed by atoms with Crippen molar-refractivity contribution in [2.24, 2.45) is 0 Å². The van der Waals surface area contributed by atoms with Gasteiger partial charge < -0.3 is 19.2 Å². The van der Waals surface area contributed by atoms with Gasteiger partial charge in [0.25, 0.3) is 5.56 Å². The fourth-order valence-electron chi connectivity index (χ4n) is 4.61. The topological polar surface area (TPSA) is 107 Å². The molecule has 1 atom stereocenters. The van der Waals surface area contributed by atoms with Crippen molar-refractivity contribution in [1.82, 2.24) is 30.1 Å². The number of nitrogens with one attached hydrogen (secondary N) is 1. The van der Waals surface area contributed by atoms with Crippen molar-refractivity contribution < 1.29 is 14.2 Å². The molecule has 10 heteroatoms. The van der Waals surface area contributed by atoms with Gasteiger partial charge in [-0.25, -0.2) is 4.68 Å². The summed E-state index contributed by atoms with van der Waals surface area (Å²) in [4.78, 5) is 18.2. The molecule has 5 rings (SSSR count). The van der Waals surface area contributed by atoms with Crippen LogP contribution in [0.4, 0.5) is 0 Å². The van der Waals surface area contributed by atoms with Crippen molar-refractivity contribution >= 4 is 10.9 Å². The lowest BCUT2D eigenvalue weighted by molar-refractivity contribution is 0.0914. The maximum Gasteiger partial charge on any atom is 0.252 e. The molecule has 1 fully saturated rings. The van der Waals surface area contributed by atoms with E-state index >= 15 is 0 Å². The van der Waals surface area contributed by atoms with Gasteiger partial charge >= 0.3 is 0 Å². The molecular formula is C26H30N6O4. The molecule has 0 saturated carbocycles. The zero-order valence-electron chi connectivity index (χ0n) is 20.5. The van der Waals surface area contributed by atoms with Crippen molar-refractivity contribution in [3.63, 3.8) is 0 Å². The fraction of sp³-hybridized carbons (Fsp3) is 0.385. The van der Waals surface area contributed by atoms with Crippen LogP contribution in [0.15, 0.2) is 53.3 Å². The number of rotatable bonds is 10. The number of nitrogens with zero attached hydrogens (tertiary/aromatic N) is 5. The number of hydrogen-bond donors (Lipinski definition) is 1. The van der Waals surface area contributed by atoms with Crippen LogP contribution in [0.5, 0.6) is 11.5 Å². The van der Waals surface area contributed by atoms with Gasteiger partial charge in [-0.3, -0.25) is 9.69 Å². The molecule has 0 spiro atoms. The molecule has 1 aliphatic rings. The number of aromatic amines is 1. The first-order chi connectivity index (χ1) is 17.6. The number of tetrazole rings is 1. The second kappa shape index (κ2) is 10.9. The summed E-state index contributed by atoms with van der Waals surface area (Å²) in [7, 11) is 3.17. The Bertz CT molecular complexity index is 1360. The van der Waals surface area contributed by atoms with Gasteiger partial charge in [-0.15, -0.1) is 5.10 Å². The third kappa shape index (κ3) is 5.39. The summed E-state index contributed by atoms with van der Waals surface area (Å²) < 4.78 is 18.4. The van der Waals surface area contributed by atoms with Crippen molar-refractivity contribution in [2.75, 3.05) is 20.8 Å². The average molecular weight is 491 g/mol. The molecule has 2 aromatic carbocycles. The minimum atomic E-state index is -0.147. The number of aromatic nitrogens is 5. The Labute approximate surface area is 208 Å². The largest absolute Gasteiger partial charge is 0.493 e. The summed E-state index contributed by atoms with van der Waals surface area (Å²) in [5.74, 6) is 1.92. The third-order valence-electron chi connectivity index (χ3n) is 6.44. The molecule has 0 aliphatic carbocycles. The first-order valence-electron chi connectivity index (χ1n) is 12.0. The van der Waals surface area contributed by atoms with Crippen molar-refractivity contribution in [2.45, 2.75) is 45.1 Å². The van der Waals surface area contributed by atoms with Gasteiger partial charge in [-0.05, 0) is 41.0 Å². The van der Waals surface area contributed by atoms with Crippen molar-refractivity contribution in [3.8, 4) is 11.5 Å². The maximum atomic E-state index is 13.1. The monoisotopic (exact) mass is 490 g/mol. The van der Waals surface area contributed by atoms with Crippen molar-refractivity contribution in [3.05, 3.63) is 75.8 Å². The molecule has 36 heavy (non-hydrogen) atoms. The zero-order chi connectivity index (χ0) is 24.9. The molecule has 10 nitrogen and oxygen atoms in total. The van der Waals surface area contributed by atoms with Crippen LogP contribution in [-0.2, 0) is 30.9 Å². The molecule has 0 unspecified atom stereocenters. The van der Waals surface area contributed by atoms with Crippen LogP contribution in [0.1, 0.15) is 29.8 Å². The summed E-state index contributed by atoms with van der Waals surface area (Å²) in [6, 6.07) is 15.7. The van der Waals surface area contributed by atoms with Gasteiger partial charge in [0.1, 0.15) is 0 Å². The molecule has 188 valence electrons. The lowest BCUT2D eigenvalue weighted by Crippen LogP contribution is -2.29. The van der Waals surface area contributed by atoms with Crippen LogP contribution >= 0.6 is 0 Å². The molecule has 3 heterocycles. The molecule has 0 radical (unpaired) electrons. The Kier molecular flexibility index (Phi) is 7.24. The highest BCUT2D eigenvalue weighted by atomic mass is 16.5. The SMILES string of the molecule is COc1cc2cc(CN(Cc3ccccc3)Cc3nnnn3C[C@@H]3CCCO3)c(=O)[nH]c2cc1OC. The van der Waals surface area contributed by atoms with Gasteiger partial charge in [0.05, 0.1) is 38.9 Å². The minimum absolute atomic E-state index is 0.130. The van der Waals surface area contributed by atoms with E-state index < -0.39 is 0 Å². The van der Waals surface area contributed by atoms with E-state index in [9.17, 15) is 4.79 Å². The zero-order valence-corrected chi connectivity index (χ0v) is 20.5. The normalized spacial score (nSPS) is 15.6. The van der Waals surface area contributed by atoms with Gasteiger partial charge in [0.2, 0.25) is 0 Å². The minimum Gasteiger partial charge on any atom is -0.493 e. The van der Waals surface area contributed by atoms with Gasteiger partial charge in [-0.1, -0.05) is 30.3 Å². The van der Waals surface area contributed by atoms with Crippen LogP contribution < -0.4 is 15.0 Å². The van der Waals surface area contributed by atoms with Gasteiger partial charge in [0, 0.05) is 36.7 Å². The van der Waals surface area contributed by atoms with E-state index in [2.05, 4.69) is 37.5 Å². The number of pyridine rings is 1. The van der Waals surface area contributed by atoms with Crippen LogP contribution in [-0.4, -0.2) is 57.0 Å². The lowest BCUT2D eigenvalue weighted by atomic mass is 10.1. The second-order valence-corrected chi connectivity index (χ2v) is 8.96. The average Bonchev–Trinajstić information content (AvgIpc) is 3.57. The summed E-state index contributed by atoms with van der Waals surface area (Å²) in [6.07, 6.45) is 2.20. The third-order valence-corrected chi connectivity index (χ3v) is 6.44. The molecule has 2 aromatic heterocycles. The predicted molar refractivity (Wildman–Crippen MR) is 134 cm³/mol. The highest BCUT2D eigenvalue weighted by molar-refractivity contribution is 5.83. The number of hydrogen-bond acceptors (Lipinski definition) is 8. The predicted octanol–water partition coefficient (Wildman–Crippen LogP) is 2.91. The number of methoxy groups -OCH3 is 2. The van der Waals surface area contributed by atoms with Crippen LogP contribution in [0, 0.1) is 0 Å². The smallest absolute Gasteiger partial charge is 0.252 e. The number of fused-ring (bicyclic) bond motifs is 1. The Morgan fingerprint density at radius 1 is 1.08 bits per heavy atom. The number of benzene rings is 2. The standard InChI is InChI=1S/C26H30N6O4/c1-34-23-12-19-11-20(26(33)27-22(19)13-24(23)35-2)15-31(14-18-7-4-3-5-8-18)17-25-28-29-30-32(25)16-21-9-6-10-36-21/h3-5,7-8,11-13,21H,6,9-10,14-17H2,1-2H3,(H,27,33)/t21-/m0/s1. The van der Waals surface area contributed by atoms with E-state index in [1.165, 1.54) is 0 Å². The van der Waals surface area contributed by atoms with E-state index in [0.29, 0.717) is 48.8 Å². The molecule has 0 amide bonds. The number of ether oxygens (including phenoxy) is 3. The summed E-state index contributed by atoms with van der Waals surface area (Å²) in [6.45, 7) is 2.94. The van der Waals surface area contributed by atoms with Crippen LogP contribution in [0.25, 0.3) is 10.9 Å². The summed E-state index contributed by atoms with van der Waals surface area (Å²) in [5.41, 5.74) is 2.33. The first-order valence-corrected chi connectivity index (χ1v) is 12.0. The molecule has 0 bridgehead atoms. The maximum absolute atomic E-state index is 13.1. The highest BCUT2D eigenvalue weighted by Crippen LogP contribution is 2.31. The molecule has 1 N–H and O–H groups in total. The summed E-state index contributed by atoms with van der Waals surface area (Å²) in [5, 5.41) is 13.3. The molecular weight excluding hydrogens is 460 g/mol. The van der Waals surface area contributed by atoms with E-state index in [4.69, 9.17) is 14.2 Å². The Balaban J connectivity index is 1.44. The van der Waals surface area contributed by atoms with Gasteiger partial charge in [-0.2, -0.15) is 0 Å². The van der Waals surface area contributed by atoms with E-state index in [0.717, 1.165) is 36.2 Å². The quantitative estimate of drug-likeness (QED) is 0.362. The van der Waals surface area contributed by atoms with E-state index in [1.807, 2.05) is 35.0 Å². The van der Waals surface area contributed by atoms with Crippen LogP contribution in [0.3, 0.4) is 0 Å². The second-order valence-electron chi connectivity index (χ2n) is 8.96. The van der Waals surface area contributed by atoms with E-state index in [-0.39, 0.29) is 11.7 Å². The Morgan fingerprint density at radius 3 is 2.64 bits per heavy atom. The fourth-order valence-corrected chi connectivity index (χ4v) is 4.61. The van der Waals surface area contributed by atoms with Crippen LogP contribution in [0.2, 0.25) is 0 Å². The van der Waals surface area contributed by atoms with E-state index in [1.54, 1.807) is 20.3 Å². The molecule has 1 aliphatic heterocycles. The number of H-pyrrole nitrogens is 1. The van der Waals surface area contributed by atoms with Gasteiger partial charge in [0.15, 0.2) is 17.3 Å². The Hall–Kier alpha value is -3.76. The molecule has 4 aromatic rings. The molecule has 1 saturated heterocycles. The summed E-state index contributed by atoms with van der Waals surface area (Å²) >= 11 is 0.